The Kier molecular flexibility index (Phi) is 5.46. The lowest BCUT2D eigenvalue weighted by Crippen LogP contribution is -2.32. The molecule has 0 aliphatic carbocycles. The molecule has 0 N–H and O–H groups in total. The Morgan fingerprint density at radius 2 is 2.15 bits per heavy atom. The maximum Gasteiger partial charge on any atom is 0.246 e. The van der Waals surface area contributed by atoms with Crippen molar-refractivity contribution in [3.8, 4) is 0 Å². The van der Waals surface area contributed by atoms with Gasteiger partial charge in [0.2, 0.25) is 5.91 Å². The van der Waals surface area contributed by atoms with Crippen LogP contribution in [0.3, 0.4) is 0 Å². The van der Waals surface area contributed by atoms with Crippen molar-refractivity contribution in [1.29, 1.82) is 0 Å². The van der Waals surface area contributed by atoms with Crippen LogP contribution in [0.2, 0.25) is 10.0 Å². The van der Waals surface area contributed by atoms with Gasteiger partial charge in [-0.2, -0.15) is 0 Å². The second kappa shape index (κ2) is 7.11. The van der Waals surface area contributed by atoms with Crippen LogP contribution in [-0.4, -0.2) is 37.1 Å². The van der Waals surface area contributed by atoms with E-state index in [1.807, 2.05) is 0 Å². The molecule has 1 aliphatic rings. The highest BCUT2D eigenvalue weighted by atomic mass is 35.5. The normalized spacial score (nSPS) is 18.6. The number of likely N-dealkylation sites (N-methyl/N-ethyl adjacent to an activating group) is 1. The summed E-state index contributed by atoms with van der Waals surface area (Å²) in [4.78, 5) is 13.7. The molecule has 20 heavy (non-hydrogen) atoms. The molecule has 1 heterocycles. The zero-order valence-corrected chi connectivity index (χ0v) is 12.8. The Balaban J connectivity index is 1.97. The summed E-state index contributed by atoms with van der Waals surface area (Å²) in [5.74, 6) is -0.0866. The molecule has 1 amide bonds. The highest BCUT2D eigenvalue weighted by Gasteiger charge is 2.18. The summed E-state index contributed by atoms with van der Waals surface area (Å²) in [6, 6.07) is 5.26. The van der Waals surface area contributed by atoms with E-state index in [4.69, 9.17) is 27.9 Å². The van der Waals surface area contributed by atoms with Crippen molar-refractivity contribution in [2.75, 3.05) is 20.2 Å². The van der Waals surface area contributed by atoms with Crippen LogP contribution in [0.25, 0.3) is 6.08 Å². The molecule has 0 bridgehead atoms. The average Bonchev–Trinajstić information content (AvgIpc) is 2.90. The van der Waals surface area contributed by atoms with Crippen molar-refractivity contribution in [1.82, 2.24) is 4.90 Å². The predicted octanol–water partition coefficient (Wildman–Crippen LogP) is 3.64. The van der Waals surface area contributed by atoms with E-state index in [9.17, 15) is 4.79 Å². The molecule has 108 valence electrons. The quantitative estimate of drug-likeness (QED) is 0.794. The van der Waals surface area contributed by atoms with Crippen molar-refractivity contribution >= 4 is 35.2 Å². The smallest absolute Gasteiger partial charge is 0.246 e. The Labute approximate surface area is 129 Å². The van der Waals surface area contributed by atoms with E-state index in [0.29, 0.717) is 22.2 Å². The van der Waals surface area contributed by atoms with Gasteiger partial charge in [0.1, 0.15) is 0 Å². The summed E-state index contributed by atoms with van der Waals surface area (Å²) in [6.45, 7) is 1.40. The van der Waals surface area contributed by atoms with E-state index >= 15 is 0 Å². The van der Waals surface area contributed by atoms with Gasteiger partial charge in [0, 0.05) is 41.9 Å². The number of hydrogen-bond acceptors (Lipinski definition) is 2. The minimum Gasteiger partial charge on any atom is -0.376 e. The van der Waals surface area contributed by atoms with Crippen LogP contribution >= 0.6 is 23.2 Å². The molecule has 0 spiro atoms. The maximum absolute atomic E-state index is 12.0. The molecule has 5 heteroatoms. The minimum absolute atomic E-state index is 0.0866. The zero-order chi connectivity index (χ0) is 14.5. The first-order chi connectivity index (χ1) is 9.58. The van der Waals surface area contributed by atoms with Gasteiger partial charge in [-0.3, -0.25) is 4.79 Å². The fourth-order valence-corrected chi connectivity index (χ4v) is 2.66. The number of hydrogen-bond donors (Lipinski definition) is 0. The third kappa shape index (κ3) is 3.98. The Morgan fingerprint density at radius 3 is 2.75 bits per heavy atom. The largest absolute Gasteiger partial charge is 0.376 e. The SMILES string of the molecule is CN(CC1CCCO1)C(=O)C=Cc1c(Cl)cccc1Cl. The highest BCUT2D eigenvalue weighted by molar-refractivity contribution is 6.37. The van der Waals surface area contributed by atoms with E-state index in [0.717, 1.165) is 19.4 Å². The van der Waals surface area contributed by atoms with Crippen LogP contribution in [0, 0.1) is 0 Å². The number of amides is 1. The van der Waals surface area contributed by atoms with Crippen molar-refractivity contribution in [3.05, 3.63) is 39.9 Å². The first-order valence-corrected chi connectivity index (χ1v) is 7.32. The van der Waals surface area contributed by atoms with Gasteiger partial charge in [0.15, 0.2) is 0 Å². The fourth-order valence-electron chi connectivity index (χ4n) is 2.14. The molecule has 1 unspecified atom stereocenters. The van der Waals surface area contributed by atoms with Gasteiger partial charge in [-0.25, -0.2) is 0 Å². The molecule has 1 fully saturated rings. The number of ether oxygens (including phenoxy) is 1. The standard InChI is InChI=1S/C15H17Cl2NO2/c1-18(10-11-4-3-9-20-11)15(19)8-7-12-13(16)5-2-6-14(12)17/h2,5-8,11H,3-4,9-10H2,1H3. The van der Waals surface area contributed by atoms with Gasteiger partial charge in [-0.05, 0) is 31.1 Å². The summed E-state index contributed by atoms with van der Waals surface area (Å²) in [5.41, 5.74) is 0.662. The summed E-state index contributed by atoms with van der Waals surface area (Å²) in [6.07, 6.45) is 5.37. The molecule has 2 rings (SSSR count). The van der Waals surface area contributed by atoms with Gasteiger partial charge in [-0.1, -0.05) is 29.3 Å². The minimum atomic E-state index is -0.0866. The molecular weight excluding hydrogens is 297 g/mol. The number of benzene rings is 1. The van der Waals surface area contributed by atoms with E-state index in [-0.39, 0.29) is 12.0 Å². The summed E-state index contributed by atoms with van der Waals surface area (Å²) in [5, 5.41) is 1.06. The maximum atomic E-state index is 12.0. The van der Waals surface area contributed by atoms with Gasteiger partial charge < -0.3 is 9.64 Å². The summed E-state index contributed by atoms with van der Waals surface area (Å²) < 4.78 is 5.51. The Bertz CT molecular complexity index is 490. The third-order valence-corrected chi connectivity index (χ3v) is 3.93. The number of halogens is 2. The van der Waals surface area contributed by atoms with Crippen molar-refractivity contribution in [2.24, 2.45) is 0 Å². The number of rotatable bonds is 4. The van der Waals surface area contributed by atoms with E-state index in [1.165, 1.54) is 6.08 Å². The first kappa shape index (κ1) is 15.4. The Morgan fingerprint density at radius 1 is 1.45 bits per heavy atom. The number of carbonyl (C=O) groups is 1. The lowest BCUT2D eigenvalue weighted by Gasteiger charge is -2.19. The van der Waals surface area contributed by atoms with Crippen LogP contribution in [0.4, 0.5) is 0 Å². The second-order valence-corrected chi connectivity index (χ2v) is 5.64. The van der Waals surface area contributed by atoms with Crippen LogP contribution < -0.4 is 0 Å². The zero-order valence-electron chi connectivity index (χ0n) is 11.3. The molecule has 3 nitrogen and oxygen atoms in total. The van der Waals surface area contributed by atoms with E-state index in [2.05, 4.69) is 0 Å². The molecule has 1 aromatic carbocycles. The van der Waals surface area contributed by atoms with Crippen molar-refractivity contribution in [2.45, 2.75) is 18.9 Å². The van der Waals surface area contributed by atoms with Gasteiger partial charge in [0.25, 0.3) is 0 Å². The van der Waals surface area contributed by atoms with Crippen LogP contribution in [0.15, 0.2) is 24.3 Å². The van der Waals surface area contributed by atoms with Crippen LogP contribution in [-0.2, 0) is 9.53 Å². The van der Waals surface area contributed by atoms with Crippen molar-refractivity contribution < 1.29 is 9.53 Å². The molecule has 1 saturated heterocycles. The predicted molar refractivity (Wildman–Crippen MR) is 82.1 cm³/mol. The summed E-state index contributed by atoms with van der Waals surface area (Å²) >= 11 is 12.1. The second-order valence-electron chi connectivity index (χ2n) is 4.82. The fraction of sp³-hybridized carbons (Fsp3) is 0.400. The Hall–Kier alpha value is -1.03. The van der Waals surface area contributed by atoms with Crippen molar-refractivity contribution in [3.63, 3.8) is 0 Å². The topological polar surface area (TPSA) is 29.5 Å². The molecule has 0 aromatic heterocycles. The highest BCUT2D eigenvalue weighted by Crippen LogP contribution is 2.25. The lowest BCUT2D eigenvalue weighted by molar-refractivity contribution is -0.126. The lowest BCUT2D eigenvalue weighted by atomic mass is 10.2. The molecule has 1 atom stereocenters. The summed E-state index contributed by atoms with van der Waals surface area (Å²) in [7, 11) is 1.77. The van der Waals surface area contributed by atoms with Gasteiger partial charge in [0.05, 0.1) is 6.10 Å². The first-order valence-electron chi connectivity index (χ1n) is 6.56. The molecule has 0 radical (unpaired) electrons. The van der Waals surface area contributed by atoms with Gasteiger partial charge >= 0.3 is 0 Å². The van der Waals surface area contributed by atoms with E-state index in [1.54, 1.807) is 36.2 Å². The van der Waals surface area contributed by atoms with Gasteiger partial charge in [-0.15, -0.1) is 0 Å². The molecule has 0 saturated carbocycles. The van der Waals surface area contributed by atoms with Crippen LogP contribution in [0.5, 0.6) is 0 Å². The molecular formula is C15H17Cl2NO2. The monoisotopic (exact) mass is 313 g/mol. The van der Waals surface area contributed by atoms with Crippen LogP contribution in [0.1, 0.15) is 18.4 Å². The van der Waals surface area contributed by atoms with E-state index < -0.39 is 0 Å². The molecule has 1 aliphatic heterocycles. The average molecular weight is 314 g/mol. The third-order valence-electron chi connectivity index (χ3n) is 3.27. The number of carbonyl (C=O) groups excluding carboxylic acids is 1. The molecule has 1 aromatic rings. The number of nitrogens with zero attached hydrogens (tertiary/aromatic N) is 1.